The highest BCUT2D eigenvalue weighted by molar-refractivity contribution is 6.30. The van der Waals surface area contributed by atoms with Crippen molar-refractivity contribution in [2.45, 2.75) is 19.0 Å². The topological polar surface area (TPSA) is 86.3 Å². The maximum atomic E-state index is 14.2. The number of nitrogens with one attached hydrogen (secondary N) is 1. The normalized spacial score (nSPS) is 11.3. The van der Waals surface area contributed by atoms with Crippen molar-refractivity contribution in [3.05, 3.63) is 113 Å². The molecular weight excluding hydrogens is 556 g/mol. The molecule has 0 radical (unpaired) electrons. The molecule has 1 N–H and O–H groups in total. The van der Waals surface area contributed by atoms with Crippen molar-refractivity contribution in [3.8, 4) is 23.0 Å². The Hall–Kier alpha value is -4.69. The van der Waals surface area contributed by atoms with Crippen LogP contribution in [0.4, 0.5) is 5.69 Å². The number of ether oxygens (including phenoxy) is 4. The fourth-order valence-corrected chi connectivity index (χ4v) is 4.73. The third kappa shape index (κ3) is 7.33. The van der Waals surface area contributed by atoms with Gasteiger partial charge < -0.3 is 29.2 Å². The van der Waals surface area contributed by atoms with Gasteiger partial charge in [-0.1, -0.05) is 54.1 Å². The van der Waals surface area contributed by atoms with Gasteiger partial charge in [-0.25, -0.2) is 0 Å². The lowest BCUT2D eigenvalue weighted by Gasteiger charge is -2.32. The number of benzene rings is 4. The van der Waals surface area contributed by atoms with Gasteiger partial charge in [0.15, 0.2) is 11.5 Å². The number of carbonyl (C=O) groups is 2. The number of rotatable bonds is 12. The van der Waals surface area contributed by atoms with Crippen LogP contribution in [0, 0.1) is 0 Å². The molecule has 0 aliphatic rings. The van der Waals surface area contributed by atoms with Crippen LogP contribution in [0.2, 0.25) is 5.02 Å². The summed E-state index contributed by atoms with van der Waals surface area (Å²) in [6.45, 7) is 0.139. The second-order valence-electron chi connectivity index (χ2n) is 9.39. The average molecular weight is 589 g/mol. The van der Waals surface area contributed by atoms with E-state index >= 15 is 0 Å². The summed E-state index contributed by atoms with van der Waals surface area (Å²) < 4.78 is 21.9. The van der Waals surface area contributed by atoms with Crippen molar-refractivity contribution < 1.29 is 28.5 Å². The molecule has 0 heterocycles. The van der Waals surface area contributed by atoms with Crippen LogP contribution < -0.4 is 24.3 Å². The molecule has 4 rings (SSSR count). The van der Waals surface area contributed by atoms with E-state index in [1.165, 1.54) is 21.3 Å². The number of halogens is 1. The van der Waals surface area contributed by atoms with Gasteiger partial charge in [-0.05, 0) is 65.2 Å². The van der Waals surface area contributed by atoms with Crippen LogP contribution in [0.25, 0.3) is 0 Å². The minimum atomic E-state index is -1.08. The van der Waals surface area contributed by atoms with E-state index in [0.717, 1.165) is 11.1 Å². The van der Waals surface area contributed by atoms with E-state index in [-0.39, 0.29) is 18.9 Å². The SMILES string of the molecule is COc1ccc(NC(=O)C(c2cc(OC)c(OC)c(OC)c2)N(Cc2ccc(Cl)cc2)C(=O)Cc2ccccc2)cc1. The van der Waals surface area contributed by atoms with E-state index in [0.29, 0.717) is 39.3 Å². The van der Waals surface area contributed by atoms with E-state index in [1.54, 1.807) is 60.5 Å². The van der Waals surface area contributed by atoms with Gasteiger partial charge in [0.2, 0.25) is 11.7 Å². The predicted molar refractivity (Wildman–Crippen MR) is 163 cm³/mol. The van der Waals surface area contributed by atoms with E-state index < -0.39 is 11.9 Å². The van der Waals surface area contributed by atoms with Crippen LogP contribution in [-0.4, -0.2) is 45.2 Å². The number of nitrogens with zero attached hydrogens (tertiary/aromatic N) is 1. The zero-order valence-electron chi connectivity index (χ0n) is 23.9. The lowest BCUT2D eigenvalue weighted by atomic mass is 10.00. The number of hydrogen-bond acceptors (Lipinski definition) is 6. The van der Waals surface area contributed by atoms with Crippen molar-refractivity contribution in [2.75, 3.05) is 33.8 Å². The molecule has 0 saturated heterocycles. The lowest BCUT2D eigenvalue weighted by molar-refractivity contribution is -0.139. The number of anilines is 1. The minimum Gasteiger partial charge on any atom is -0.497 e. The van der Waals surface area contributed by atoms with Crippen LogP contribution in [0.1, 0.15) is 22.7 Å². The van der Waals surface area contributed by atoms with Gasteiger partial charge >= 0.3 is 0 Å². The van der Waals surface area contributed by atoms with Crippen molar-refractivity contribution >= 4 is 29.1 Å². The lowest BCUT2D eigenvalue weighted by Crippen LogP contribution is -2.41. The zero-order valence-corrected chi connectivity index (χ0v) is 24.7. The average Bonchev–Trinajstić information content (AvgIpc) is 3.01. The van der Waals surface area contributed by atoms with Crippen LogP contribution in [0.3, 0.4) is 0 Å². The quantitative estimate of drug-likeness (QED) is 0.208. The van der Waals surface area contributed by atoms with E-state index in [2.05, 4.69) is 5.32 Å². The minimum absolute atomic E-state index is 0.0885. The Kier molecular flexibility index (Phi) is 10.3. The largest absolute Gasteiger partial charge is 0.497 e. The Morgan fingerprint density at radius 2 is 1.38 bits per heavy atom. The zero-order chi connectivity index (χ0) is 30.1. The highest BCUT2D eigenvalue weighted by atomic mass is 35.5. The Bertz CT molecular complexity index is 1470. The Morgan fingerprint density at radius 3 is 1.93 bits per heavy atom. The summed E-state index contributed by atoms with van der Waals surface area (Å²) in [5, 5.41) is 3.54. The fraction of sp³-hybridized carbons (Fsp3) is 0.212. The van der Waals surface area contributed by atoms with Crippen molar-refractivity contribution in [2.24, 2.45) is 0 Å². The van der Waals surface area contributed by atoms with Crippen molar-refractivity contribution in [1.29, 1.82) is 0 Å². The first-order valence-corrected chi connectivity index (χ1v) is 13.6. The van der Waals surface area contributed by atoms with Gasteiger partial charge in [-0.15, -0.1) is 0 Å². The second-order valence-corrected chi connectivity index (χ2v) is 9.83. The summed E-state index contributed by atoms with van der Waals surface area (Å²) in [6, 6.07) is 25.8. The smallest absolute Gasteiger partial charge is 0.251 e. The molecule has 1 unspecified atom stereocenters. The van der Waals surface area contributed by atoms with Crippen molar-refractivity contribution in [3.63, 3.8) is 0 Å². The Labute approximate surface area is 250 Å². The highest BCUT2D eigenvalue weighted by Gasteiger charge is 2.33. The van der Waals surface area contributed by atoms with E-state index in [1.807, 2.05) is 42.5 Å². The number of methoxy groups -OCH3 is 4. The maximum Gasteiger partial charge on any atom is 0.251 e. The number of amides is 2. The summed E-state index contributed by atoms with van der Waals surface area (Å²) >= 11 is 6.14. The molecule has 42 heavy (non-hydrogen) atoms. The highest BCUT2D eigenvalue weighted by Crippen LogP contribution is 2.41. The first kappa shape index (κ1) is 30.3. The molecule has 0 saturated carbocycles. The second kappa shape index (κ2) is 14.3. The van der Waals surface area contributed by atoms with Crippen LogP contribution >= 0.6 is 11.6 Å². The molecule has 8 nitrogen and oxygen atoms in total. The van der Waals surface area contributed by atoms with Crippen LogP contribution in [0.5, 0.6) is 23.0 Å². The summed E-state index contributed by atoms with van der Waals surface area (Å²) in [5.41, 5.74) is 2.64. The summed E-state index contributed by atoms with van der Waals surface area (Å²) in [4.78, 5) is 29.8. The standard InChI is InChI=1S/C33H33ClN2O6/c1-39-27-16-14-26(15-17-27)35-33(38)31(24-19-28(40-2)32(42-4)29(20-24)41-3)36(21-23-10-12-25(34)13-11-23)30(37)18-22-8-6-5-7-9-22/h5-17,19-20,31H,18,21H2,1-4H3,(H,35,38). The first-order valence-electron chi connectivity index (χ1n) is 13.2. The van der Waals surface area contributed by atoms with Gasteiger partial charge in [0.05, 0.1) is 34.9 Å². The molecule has 2 amide bonds. The van der Waals surface area contributed by atoms with E-state index in [4.69, 9.17) is 30.5 Å². The summed E-state index contributed by atoms with van der Waals surface area (Å²) in [7, 11) is 6.07. The third-order valence-corrected chi connectivity index (χ3v) is 6.96. The number of hydrogen-bond donors (Lipinski definition) is 1. The molecule has 0 aromatic heterocycles. The fourth-order valence-electron chi connectivity index (χ4n) is 4.60. The molecule has 0 aliphatic heterocycles. The summed E-state index contributed by atoms with van der Waals surface area (Å²) in [6.07, 6.45) is 0.0885. The Morgan fingerprint density at radius 1 is 0.762 bits per heavy atom. The number of carbonyl (C=O) groups excluding carboxylic acids is 2. The molecular formula is C33H33ClN2O6. The van der Waals surface area contributed by atoms with Crippen LogP contribution in [-0.2, 0) is 22.6 Å². The third-order valence-electron chi connectivity index (χ3n) is 6.71. The molecule has 1 atom stereocenters. The molecule has 9 heteroatoms. The maximum absolute atomic E-state index is 14.2. The van der Waals surface area contributed by atoms with Gasteiger partial charge in [0.1, 0.15) is 11.8 Å². The molecule has 0 bridgehead atoms. The van der Waals surface area contributed by atoms with Gasteiger partial charge in [0, 0.05) is 17.3 Å². The molecule has 0 fully saturated rings. The molecule has 0 aliphatic carbocycles. The predicted octanol–water partition coefficient (Wildman–Crippen LogP) is 6.33. The van der Waals surface area contributed by atoms with Crippen LogP contribution in [0.15, 0.2) is 91.0 Å². The Balaban J connectivity index is 1.84. The summed E-state index contributed by atoms with van der Waals surface area (Å²) in [5.74, 6) is 1.06. The van der Waals surface area contributed by atoms with Gasteiger partial charge in [-0.2, -0.15) is 0 Å². The van der Waals surface area contributed by atoms with E-state index in [9.17, 15) is 9.59 Å². The molecule has 218 valence electrons. The molecule has 4 aromatic rings. The first-order chi connectivity index (χ1) is 20.4. The van der Waals surface area contributed by atoms with Crippen molar-refractivity contribution in [1.82, 2.24) is 4.90 Å². The monoisotopic (exact) mass is 588 g/mol. The molecule has 0 spiro atoms. The van der Waals surface area contributed by atoms with Gasteiger partial charge in [-0.3, -0.25) is 9.59 Å². The molecule has 4 aromatic carbocycles. The van der Waals surface area contributed by atoms with Gasteiger partial charge in [0.25, 0.3) is 5.91 Å².